The molecular weight excluding hydrogens is 254 g/mol. The van der Waals surface area contributed by atoms with E-state index in [1.807, 2.05) is 0 Å². The topological polar surface area (TPSA) is 199 Å². The van der Waals surface area contributed by atoms with Crippen molar-refractivity contribution in [3.05, 3.63) is 11.4 Å². The number of nitrogens with two attached hydrogens (primary N) is 3. The Hall–Kier alpha value is -2.02. The molecule has 11 nitrogen and oxygen atoms in total. The number of aromatic amines is 1. The summed E-state index contributed by atoms with van der Waals surface area (Å²) in [6.45, 7) is 0. The first kappa shape index (κ1) is 13.0. The van der Waals surface area contributed by atoms with Gasteiger partial charge in [-0.1, -0.05) is 0 Å². The van der Waals surface area contributed by atoms with Gasteiger partial charge in [-0.3, -0.25) is 20.4 Å². The molecule has 0 saturated heterocycles. The molecule has 0 aliphatic carbocycles. The average molecular weight is 263 g/mol. The first-order valence-corrected chi connectivity index (χ1v) is 5.50. The Balaban J connectivity index is 3.42. The molecule has 2 amide bonds. The minimum Gasteiger partial charge on any atom is -0.323 e. The van der Waals surface area contributed by atoms with E-state index >= 15 is 0 Å². The van der Waals surface area contributed by atoms with E-state index in [0.717, 1.165) is 0 Å². The minimum absolute atomic E-state index is 0.473. The summed E-state index contributed by atoms with van der Waals surface area (Å²) in [6, 6.07) is 0. The third kappa shape index (κ3) is 2.56. The summed E-state index contributed by atoms with van der Waals surface area (Å²) in [5.41, 5.74) is 2.37. The summed E-state index contributed by atoms with van der Waals surface area (Å²) in [5.74, 6) is 7.75. The molecule has 0 unspecified atom stereocenters. The second kappa shape index (κ2) is 4.46. The molecule has 0 atom stereocenters. The van der Waals surface area contributed by atoms with Crippen LogP contribution in [0.4, 0.5) is 0 Å². The van der Waals surface area contributed by atoms with Crippen LogP contribution in [0.25, 0.3) is 0 Å². The molecule has 12 heteroatoms. The van der Waals surface area contributed by atoms with Crippen LogP contribution in [-0.2, 0) is 10.0 Å². The number of nitrogen functional groups attached to an aromatic ring is 2. The Bertz CT molecular complexity index is 527. The summed E-state index contributed by atoms with van der Waals surface area (Å²) in [7, 11) is -4.20. The van der Waals surface area contributed by atoms with Crippen molar-refractivity contribution in [3.8, 4) is 0 Å². The first-order chi connectivity index (χ1) is 7.81. The number of rotatable bonds is 3. The molecule has 1 aromatic rings. The number of aromatic nitrogens is 2. The number of sulfonamides is 1. The maximum absolute atomic E-state index is 11.2. The Morgan fingerprint density at radius 2 is 1.71 bits per heavy atom. The molecule has 0 bridgehead atoms. The molecule has 1 heterocycles. The molecule has 0 radical (unpaired) electrons. The van der Waals surface area contributed by atoms with Crippen molar-refractivity contribution in [1.82, 2.24) is 20.8 Å². The quantitative estimate of drug-likeness (QED) is 0.183. The van der Waals surface area contributed by atoms with Gasteiger partial charge in [-0.25, -0.2) is 30.2 Å². The average Bonchev–Trinajstić information content (AvgIpc) is 2.71. The first-order valence-electron chi connectivity index (χ1n) is 3.96. The lowest BCUT2D eigenvalue weighted by Crippen LogP contribution is -2.35. The molecular formula is C5H9N7O4S. The highest BCUT2D eigenvalue weighted by Gasteiger charge is 2.25. The normalized spacial score (nSPS) is 11.0. The zero-order valence-electron chi connectivity index (χ0n) is 8.22. The van der Waals surface area contributed by atoms with E-state index < -0.39 is 38.4 Å². The number of H-pyrrole nitrogens is 1. The SMILES string of the molecule is NNC(=O)c1nc(S(N)(=O)=O)[nH]c1C(=O)NN. The molecule has 1 rings (SSSR count). The van der Waals surface area contributed by atoms with Crippen LogP contribution in [0, 0.1) is 0 Å². The third-order valence-electron chi connectivity index (χ3n) is 1.66. The van der Waals surface area contributed by atoms with Crippen LogP contribution in [0.1, 0.15) is 21.0 Å². The summed E-state index contributed by atoms with van der Waals surface area (Å²) >= 11 is 0. The molecule has 0 aliphatic rings. The predicted molar refractivity (Wildman–Crippen MR) is 53.3 cm³/mol. The van der Waals surface area contributed by atoms with Crippen LogP contribution >= 0.6 is 0 Å². The van der Waals surface area contributed by atoms with E-state index in [9.17, 15) is 18.0 Å². The zero-order valence-corrected chi connectivity index (χ0v) is 9.04. The van der Waals surface area contributed by atoms with Gasteiger partial charge in [0.25, 0.3) is 21.8 Å². The summed E-state index contributed by atoms with van der Waals surface area (Å²) in [5, 5.41) is 4.02. The summed E-state index contributed by atoms with van der Waals surface area (Å²) < 4.78 is 22.0. The Labute approximate surface area is 94.7 Å². The highest BCUT2D eigenvalue weighted by Crippen LogP contribution is 2.09. The van der Waals surface area contributed by atoms with Gasteiger partial charge in [-0.15, -0.1) is 0 Å². The van der Waals surface area contributed by atoms with Crippen molar-refractivity contribution < 1.29 is 18.0 Å². The highest BCUT2D eigenvalue weighted by atomic mass is 32.2. The number of nitrogens with zero attached hydrogens (tertiary/aromatic N) is 1. The molecule has 94 valence electrons. The molecule has 1 aromatic heterocycles. The Kier molecular flexibility index (Phi) is 3.42. The van der Waals surface area contributed by atoms with Crippen LogP contribution in [0.15, 0.2) is 5.16 Å². The molecule has 9 N–H and O–H groups in total. The van der Waals surface area contributed by atoms with Crippen LogP contribution in [-0.4, -0.2) is 30.2 Å². The van der Waals surface area contributed by atoms with E-state index in [0.29, 0.717) is 0 Å². The van der Waals surface area contributed by atoms with Gasteiger partial charge >= 0.3 is 0 Å². The lowest BCUT2D eigenvalue weighted by Gasteiger charge is -1.98. The smallest absolute Gasteiger partial charge is 0.286 e. The van der Waals surface area contributed by atoms with Gasteiger partial charge in [0.2, 0.25) is 5.16 Å². The molecule has 0 saturated carbocycles. The van der Waals surface area contributed by atoms with Gasteiger partial charge in [-0.05, 0) is 0 Å². The number of carbonyl (C=O) groups excluding carboxylic acids is 2. The van der Waals surface area contributed by atoms with Crippen molar-refractivity contribution in [1.29, 1.82) is 0 Å². The molecule has 17 heavy (non-hydrogen) atoms. The number of carbonyl (C=O) groups is 2. The fourth-order valence-corrected chi connectivity index (χ4v) is 1.42. The highest BCUT2D eigenvalue weighted by molar-refractivity contribution is 7.89. The standard InChI is InChI=1S/C5H9N7O4S/c6-11-3(13)1-2(4(14)12-7)10-5(9-1)17(8,15)16/h6-7H2,(H,9,10)(H,11,13)(H,12,14)(H2,8,15,16). The fourth-order valence-electron chi connectivity index (χ4n) is 0.955. The number of amides is 2. The van der Waals surface area contributed by atoms with Crippen molar-refractivity contribution in [2.24, 2.45) is 16.8 Å². The van der Waals surface area contributed by atoms with E-state index in [4.69, 9.17) is 16.8 Å². The lowest BCUT2D eigenvalue weighted by atomic mass is 10.3. The van der Waals surface area contributed by atoms with Crippen molar-refractivity contribution in [2.75, 3.05) is 0 Å². The third-order valence-corrected chi connectivity index (χ3v) is 2.39. The lowest BCUT2D eigenvalue weighted by molar-refractivity contribution is 0.0914. The van der Waals surface area contributed by atoms with Crippen molar-refractivity contribution in [2.45, 2.75) is 5.16 Å². The van der Waals surface area contributed by atoms with E-state index in [1.54, 1.807) is 10.9 Å². The van der Waals surface area contributed by atoms with Gasteiger partial charge in [0, 0.05) is 0 Å². The van der Waals surface area contributed by atoms with Gasteiger partial charge < -0.3 is 4.98 Å². The summed E-state index contributed by atoms with van der Waals surface area (Å²) in [6.07, 6.45) is 0. The van der Waals surface area contributed by atoms with Gasteiger partial charge in [0.05, 0.1) is 0 Å². The maximum atomic E-state index is 11.2. The molecule has 0 fully saturated rings. The maximum Gasteiger partial charge on any atom is 0.286 e. The van der Waals surface area contributed by atoms with Crippen LogP contribution < -0.4 is 27.7 Å². The van der Waals surface area contributed by atoms with Crippen LogP contribution in [0.5, 0.6) is 0 Å². The van der Waals surface area contributed by atoms with Gasteiger partial charge in [-0.2, -0.15) is 0 Å². The minimum atomic E-state index is -4.20. The number of imidazole rings is 1. The molecule has 0 aliphatic heterocycles. The number of hydrogen-bond donors (Lipinski definition) is 6. The largest absolute Gasteiger partial charge is 0.323 e. The number of hydrogen-bond acceptors (Lipinski definition) is 7. The Morgan fingerprint density at radius 1 is 1.18 bits per heavy atom. The second-order valence-electron chi connectivity index (χ2n) is 2.76. The fraction of sp³-hybridized carbons (Fsp3) is 0. The zero-order chi connectivity index (χ0) is 13.2. The van der Waals surface area contributed by atoms with Crippen LogP contribution in [0.2, 0.25) is 0 Å². The van der Waals surface area contributed by atoms with E-state index in [1.165, 1.54) is 0 Å². The number of primary sulfonamides is 1. The van der Waals surface area contributed by atoms with Crippen molar-refractivity contribution in [3.63, 3.8) is 0 Å². The Morgan fingerprint density at radius 3 is 2.12 bits per heavy atom. The number of hydrazine groups is 2. The van der Waals surface area contributed by atoms with E-state index in [2.05, 4.69) is 9.97 Å². The summed E-state index contributed by atoms with van der Waals surface area (Å²) in [4.78, 5) is 27.9. The second-order valence-corrected chi connectivity index (χ2v) is 4.23. The molecule has 0 aromatic carbocycles. The monoisotopic (exact) mass is 263 g/mol. The van der Waals surface area contributed by atoms with Gasteiger partial charge in [0.15, 0.2) is 5.69 Å². The van der Waals surface area contributed by atoms with Gasteiger partial charge in [0.1, 0.15) is 5.69 Å². The molecule has 0 spiro atoms. The van der Waals surface area contributed by atoms with Crippen LogP contribution in [0.3, 0.4) is 0 Å². The number of nitrogens with one attached hydrogen (secondary N) is 3. The van der Waals surface area contributed by atoms with Crippen molar-refractivity contribution >= 4 is 21.8 Å². The predicted octanol–water partition coefficient (Wildman–Crippen LogP) is -3.74. The van der Waals surface area contributed by atoms with E-state index in [-0.39, 0.29) is 0 Å².